The Morgan fingerprint density at radius 1 is 0.946 bits per heavy atom. The average Bonchev–Trinajstić information content (AvgIpc) is 3.40. The molecule has 37 heavy (non-hydrogen) atoms. The molecule has 0 saturated heterocycles. The summed E-state index contributed by atoms with van der Waals surface area (Å²) in [5, 5.41) is 4.13. The standard InChI is InChI=1S/C31H25ClN2O3/c1-19-8-10-21(11-9-19)31(36)34-26-6-3-2-5-24(26)33-25-17-22(28-7-4-16-37-28)18-27(35)29(25)30(34)20-12-14-23(32)15-13-20/h2-16,22,30,33H,17-18H2,1H3/t22-,30+/m1/s1. The monoisotopic (exact) mass is 508 g/mol. The number of carbonyl (C=O) groups is 2. The topological polar surface area (TPSA) is 62.6 Å². The van der Waals surface area contributed by atoms with E-state index >= 15 is 0 Å². The van der Waals surface area contributed by atoms with Gasteiger partial charge in [0.2, 0.25) is 0 Å². The quantitative estimate of drug-likeness (QED) is 0.312. The van der Waals surface area contributed by atoms with E-state index in [2.05, 4.69) is 5.32 Å². The van der Waals surface area contributed by atoms with Gasteiger partial charge < -0.3 is 9.73 Å². The van der Waals surface area contributed by atoms with Crippen LogP contribution in [-0.2, 0) is 4.79 Å². The number of rotatable bonds is 3. The van der Waals surface area contributed by atoms with E-state index in [0.717, 1.165) is 28.3 Å². The van der Waals surface area contributed by atoms with E-state index < -0.39 is 6.04 Å². The van der Waals surface area contributed by atoms with Crippen LogP contribution >= 0.6 is 11.6 Å². The molecular formula is C31H25ClN2O3. The first-order valence-electron chi connectivity index (χ1n) is 12.3. The van der Waals surface area contributed by atoms with Crippen LogP contribution in [0, 0.1) is 6.92 Å². The SMILES string of the molecule is Cc1ccc(C(=O)N2c3ccccc3NC3=C(C(=O)C[C@H](c4ccco4)C3)[C@@H]2c2ccc(Cl)cc2)cc1. The van der Waals surface area contributed by atoms with Crippen LogP contribution in [0.3, 0.4) is 0 Å². The van der Waals surface area contributed by atoms with Gasteiger partial charge in [-0.2, -0.15) is 0 Å². The number of fused-ring (bicyclic) bond motifs is 1. The van der Waals surface area contributed by atoms with E-state index in [4.69, 9.17) is 16.0 Å². The number of aryl methyl sites for hydroxylation is 1. The fraction of sp³-hybridized carbons (Fsp3) is 0.161. The maximum absolute atomic E-state index is 14.2. The van der Waals surface area contributed by atoms with Crippen LogP contribution in [0.4, 0.5) is 11.4 Å². The van der Waals surface area contributed by atoms with Gasteiger partial charge in [-0.05, 0) is 67.4 Å². The normalized spacial score (nSPS) is 19.1. The number of hydrogen-bond acceptors (Lipinski definition) is 4. The van der Waals surface area contributed by atoms with E-state index in [9.17, 15) is 9.59 Å². The van der Waals surface area contributed by atoms with Crippen molar-refractivity contribution in [1.82, 2.24) is 0 Å². The number of para-hydroxylation sites is 2. The molecule has 0 radical (unpaired) electrons. The minimum atomic E-state index is -0.623. The summed E-state index contributed by atoms with van der Waals surface area (Å²) in [4.78, 5) is 29.9. The van der Waals surface area contributed by atoms with E-state index in [1.165, 1.54) is 0 Å². The minimum absolute atomic E-state index is 0.00962. The lowest BCUT2D eigenvalue weighted by molar-refractivity contribution is -0.116. The summed E-state index contributed by atoms with van der Waals surface area (Å²) >= 11 is 6.23. The smallest absolute Gasteiger partial charge is 0.259 e. The second kappa shape index (κ2) is 9.41. The molecule has 6 heteroatoms. The number of anilines is 2. The van der Waals surface area contributed by atoms with Crippen molar-refractivity contribution in [3.8, 4) is 0 Å². The molecule has 4 aromatic rings. The maximum Gasteiger partial charge on any atom is 0.259 e. The lowest BCUT2D eigenvalue weighted by Crippen LogP contribution is -2.38. The third kappa shape index (κ3) is 4.25. The van der Waals surface area contributed by atoms with Gasteiger partial charge in [0.05, 0.1) is 23.7 Å². The number of halogens is 1. The largest absolute Gasteiger partial charge is 0.469 e. The number of Topliss-reactive ketones (excluding diaryl/α,β-unsaturated/α-hetero) is 1. The molecule has 0 fully saturated rings. The summed E-state index contributed by atoms with van der Waals surface area (Å²) < 4.78 is 5.67. The van der Waals surface area contributed by atoms with Crippen LogP contribution in [0.1, 0.15) is 52.0 Å². The van der Waals surface area contributed by atoms with Crippen molar-refractivity contribution in [3.05, 3.63) is 130 Å². The molecule has 184 valence electrons. The summed E-state index contributed by atoms with van der Waals surface area (Å²) in [6.45, 7) is 1.99. The van der Waals surface area contributed by atoms with Gasteiger partial charge in [0.25, 0.3) is 5.91 Å². The second-order valence-electron chi connectivity index (χ2n) is 9.57. The zero-order valence-electron chi connectivity index (χ0n) is 20.3. The van der Waals surface area contributed by atoms with Crippen LogP contribution < -0.4 is 10.2 Å². The first-order valence-corrected chi connectivity index (χ1v) is 12.7. The van der Waals surface area contributed by atoms with Crippen LogP contribution in [-0.4, -0.2) is 11.7 Å². The zero-order valence-corrected chi connectivity index (χ0v) is 21.0. The summed E-state index contributed by atoms with van der Waals surface area (Å²) in [6.07, 6.45) is 2.54. The average molecular weight is 509 g/mol. The summed E-state index contributed by atoms with van der Waals surface area (Å²) in [5.41, 5.74) is 5.34. The third-order valence-electron chi connectivity index (χ3n) is 7.14. The number of benzene rings is 3. The molecule has 0 spiro atoms. The molecule has 3 aromatic carbocycles. The zero-order chi connectivity index (χ0) is 25.5. The van der Waals surface area contributed by atoms with Gasteiger partial charge in [0.15, 0.2) is 5.78 Å². The van der Waals surface area contributed by atoms with Gasteiger partial charge in [-0.15, -0.1) is 0 Å². The van der Waals surface area contributed by atoms with Crippen molar-refractivity contribution in [2.75, 3.05) is 10.2 Å². The Kier molecular flexibility index (Phi) is 5.93. The van der Waals surface area contributed by atoms with Gasteiger partial charge >= 0.3 is 0 Å². The molecule has 2 heterocycles. The highest BCUT2D eigenvalue weighted by Gasteiger charge is 2.42. The number of allylic oxidation sites excluding steroid dienone is 1. The highest BCUT2D eigenvalue weighted by Crippen LogP contribution is 2.48. The van der Waals surface area contributed by atoms with E-state index in [1.54, 1.807) is 23.3 Å². The number of nitrogens with one attached hydrogen (secondary N) is 1. The van der Waals surface area contributed by atoms with E-state index in [0.29, 0.717) is 34.7 Å². The summed E-state index contributed by atoms with van der Waals surface area (Å²) in [5.74, 6) is 0.523. The Bertz CT molecular complexity index is 1510. The molecule has 1 aromatic heterocycles. The molecular weight excluding hydrogens is 484 g/mol. The molecule has 2 atom stereocenters. The molecule has 1 aliphatic carbocycles. The number of nitrogens with zero attached hydrogens (tertiary/aromatic N) is 1. The van der Waals surface area contributed by atoms with Crippen LogP contribution in [0.25, 0.3) is 0 Å². The first kappa shape index (κ1) is 23.3. The molecule has 1 amide bonds. The highest BCUT2D eigenvalue weighted by molar-refractivity contribution is 6.30. The predicted octanol–water partition coefficient (Wildman–Crippen LogP) is 7.46. The van der Waals surface area contributed by atoms with E-state index in [1.807, 2.05) is 79.7 Å². The molecule has 0 saturated carbocycles. The van der Waals surface area contributed by atoms with Crippen molar-refractivity contribution in [2.24, 2.45) is 0 Å². The van der Waals surface area contributed by atoms with Gasteiger partial charge in [-0.3, -0.25) is 14.5 Å². The van der Waals surface area contributed by atoms with Crippen LogP contribution in [0.2, 0.25) is 5.02 Å². The second-order valence-corrected chi connectivity index (χ2v) is 10.0. The van der Waals surface area contributed by atoms with Crippen molar-refractivity contribution in [3.63, 3.8) is 0 Å². The highest BCUT2D eigenvalue weighted by atomic mass is 35.5. The van der Waals surface area contributed by atoms with E-state index in [-0.39, 0.29) is 17.6 Å². The minimum Gasteiger partial charge on any atom is -0.469 e. The molecule has 5 nitrogen and oxygen atoms in total. The fourth-order valence-electron chi connectivity index (χ4n) is 5.33. The Morgan fingerprint density at radius 2 is 1.70 bits per heavy atom. The summed E-state index contributed by atoms with van der Waals surface area (Å²) in [6, 6.07) is 25.8. The van der Waals surface area contributed by atoms with Crippen LogP contribution in [0.5, 0.6) is 0 Å². The Morgan fingerprint density at radius 3 is 2.43 bits per heavy atom. The molecule has 1 N–H and O–H groups in total. The van der Waals surface area contributed by atoms with Crippen molar-refractivity contribution in [2.45, 2.75) is 31.7 Å². The number of amides is 1. The lowest BCUT2D eigenvalue weighted by Gasteiger charge is -2.35. The Balaban J connectivity index is 1.57. The predicted molar refractivity (Wildman–Crippen MR) is 145 cm³/mol. The van der Waals surface area contributed by atoms with Crippen molar-refractivity contribution >= 4 is 34.7 Å². The van der Waals surface area contributed by atoms with Crippen LogP contribution in [0.15, 0.2) is 107 Å². The van der Waals surface area contributed by atoms with Gasteiger partial charge in [0, 0.05) is 34.2 Å². The molecule has 0 unspecified atom stereocenters. The van der Waals surface area contributed by atoms with Gasteiger partial charge in [0.1, 0.15) is 5.76 Å². The van der Waals surface area contributed by atoms with Gasteiger partial charge in [-0.25, -0.2) is 0 Å². The van der Waals surface area contributed by atoms with Crippen molar-refractivity contribution in [1.29, 1.82) is 0 Å². The Hall–Kier alpha value is -4.09. The number of carbonyl (C=O) groups excluding carboxylic acids is 2. The number of hydrogen-bond donors (Lipinski definition) is 1. The first-order chi connectivity index (χ1) is 18.0. The number of ketones is 1. The maximum atomic E-state index is 14.2. The molecule has 6 rings (SSSR count). The van der Waals surface area contributed by atoms with Crippen molar-refractivity contribution < 1.29 is 14.0 Å². The molecule has 0 bridgehead atoms. The number of furan rings is 1. The third-order valence-corrected chi connectivity index (χ3v) is 7.39. The molecule has 1 aliphatic heterocycles. The fourth-order valence-corrected chi connectivity index (χ4v) is 5.46. The lowest BCUT2D eigenvalue weighted by atomic mass is 9.80. The molecule has 2 aliphatic rings. The Labute approximate surface area is 220 Å². The van der Waals surface area contributed by atoms with Gasteiger partial charge in [-0.1, -0.05) is 53.6 Å². The summed E-state index contributed by atoms with van der Waals surface area (Å²) in [7, 11) is 0.